The van der Waals surface area contributed by atoms with Crippen LogP contribution in [-0.4, -0.2) is 16.8 Å². The van der Waals surface area contributed by atoms with Crippen LogP contribution in [0.5, 0.6) is 11.5 Å². The van der Waals surface area contributed by atoms with Crippen molar-refractivity contribution in [3.63, 3.8) is 0 Å². The molecule has 5 heteroatoms. The van der Waals surface area contributed by atoms with Gasteiger partial charge in [0.05, 0.1) is 18.3 Å². The zero-order valence-electron chi connectivity index (χ0n) is 32.7. The first-order valence-electron chi connectivity index (χ1n) is 19.0. The first kappa shape index (κ1) is 31.3. The first-order valence-corrected chi connectivity index (χ1v) is 18.5. The van der Waals surface area contributed by atoms with Crippen LogP contribution in [0.25, 0.3) is 21.8 Å². The fourth-order valence-corrected chi connectivity index (χ4v) is 8.57. The van der Waals surface area contributed by atoms with Gasteiger partial charge in [0, 0.05) is 45.9 Å². The quantitative estimate of drug-likeness (QED) is 0.173. The number of para-hydroxylation sites is 1. The largest absolute Gasteiger partial charge is 0.458 e. The molecule has 0 N–H and O–H groups in total. The van der Waals surface area contributed by atoms with Crippen LogP contribution in [0.1, 0.15) is 59.6 Å². The van der Waals surface area contributed by atoms with Crippen molar-refractivity contribution in [1.29, 1.82) is 0 Å². The second-order valence-electron chi connectivity index (χ2n) is 16.8. The topological polar surface area (TPSA) is 20.6 Å². The molecular weight excluding hydrogens is 633 g/mol. The smallest absolute Gasteiger partial charge is 0.256 e. The number of hydrogen-bond donors (Lipinski definition) is 0. The lowest BCUT2D eigenvalue weighted by Crippen LogP contribution is -2.62. The van der Waals surface area contributed by atoms with E-state index in [0.717, 1.165) is 45.4 Å². The summed E-state index contributed by atoms with van der Waals surface area (Å²) in [5.74, 6) is 1.62. The minimum atomic E-state index is -0.367. The molecule has 2 aliphatic rings. The average molecular weight is 681 g/mol. The van der Waals surface area contributed by atoms with Gasteiger partial charge in [-0.15, -0.1) is 0 Å². The number of fused-ring (bicyclic) bond motifs is 7. The Hall–Kier alpha value is -5.42. The molecule has 4 nitrogen and oxygen atoms in total. The Morgan fingerprint density at radius 2 is 1.35 bits per heavy atom. The molecule has 6 aromatic carbocycles. The highest BCUT2D eigenvalue weighted by atomic mass is 16.5. The van der Waals surface area contributed by atoms with E-state index in [4.69, 9.17) is 6.11 Å². The van der Waals surface area contributed by atoms with Crippen LogP contribution in [0.15, 0.2) is 115 Å². The van der Waals surface area contributed by atoms with Crippen molar-refractivity contribution in [2.45, 2.75) is 66.3 Å². The summed E-state index contributed by atoms with van der Waals surface area (Å²) in [7, 11) is 2.21. The SMILES string of the molecule is [2H]c1cc2c3c(c1)N(C(C)(C)C)c1c(cc4c5ccccc5n(C)c4c1N(c1ccc(C)cc1)c1ccc(C)cc1)B3c1cc(C(C)(C)C)ccc1O2. The van der Waals surface area contributed by atoms with Gasteiger partial charge < -0.3 is 19.1 Å². The van der Waals surface area contributed by atoms with Crippen molar-refractivity contribution < 1.29 is 6.11 Å². The van der Waals surface area contributed by atoms with E-state index < -0.39 is 0 Å². The van der Waals surface area contributed by atoms with Crippen molar-refractivity contribution in [2.24, 2.45) is 7.05 Å². The normalized spacial score (nSPS) is 13.8. The minimum absolute atomic E-state index is 0.0451. The van der Waals surface area contributed by atoms with Gasteiger partial charge in [-0.05, 0) is 111 Å². The summed E-state index contributed by atoms with van der Waals surface area (Å²) in [6.07, 6.45) is 0. The number of rotatable bonds is 3. The summed E-state index contributed by atoms with van der Waals surface area (Å²) in [5.41, 5.74) is 14.7. The second-order valence-corrected chi connectivity index (χ2v) is 16.8. The van der Waals surface area contributed by atoms with Crippen molar-refractivity contribution in [1.82, 2.24) is 4.57 Å². The molecular formula is C47H46BN3O. The molecule has 3 heterocycles. The Kier molecular flexibility index (Phi) is 6.80. The zero-order chi connectivity index (χ0) is 37.1. The predicted octanol–water partition coefficient (Wildman–Crippen LogP) is 10.6. The highest BCUT2D eigenvalue weighted by Gasteiger charge is 2.46. The number of benzene rings is 6. The highest BCUT2D eigenvalue weighted by Crippen LogP contribution is 2.51. The van der Waals surface area contributed by atoms with Crippen molar-refractivity contribution >= 4 is 73.3 Å². The van der Waals surface area contributed by atoms with E-state index in [0.29, 0.717) is 6.04 Å². The van der Waals surface area contributed by atoms with Crippen LogP contribution >= 0.6 is 0 Å². The number of nitrogens with zero attached hydrogens (tertiary/aromatic N) is 3. The molecule has 7 aromatic rings. The average Bonchev–Trinajstić information content (AvgIpc) is 3.39. The standard InChI is InChI=1S/C47H46BN3O/c1-29-17-22-32(23-18-29)50(33-24-19-30(2)20-25-33)45-43-35(34-13-10-11-14-38(34)49(43)9)28-37-44(45)51(47(6,7)8)39-15-12-16-41-42(39)48(37)36-27-31(46(3,4)5)21-26-40(36)52-41/h10-28H,1-9H3/i12D. The van der Waals surface area contributed by atoms with Gasteiger partial charge in [0.15, 0.2) is 0 Å². The van der Waals surface area contributed by atoms with E-state index in [9.17, 15) is 0 Å². The summed E-state index contributed by atoms with van der Waals surface area (Å²) in [6, 6.07) is 40.2. The van der Waals surface area contributed by atoms with E-state index in [1.807, 2.05) is 6.07 Å². The number of aryl methyl sites for hydroxylation is 3. The summed E-state index contributed by atoms with van der Waals surface area (Å²) < 4.78 is 18.3. The first-order chi connectivity index (χ1) is 25.2. The van der Waals surface area contributed by atoms with Gasteiger partial charge in [0.25, 0.3) is 6.71 Å². The van der Waals surface area contributed by atoms with Gasteiger partial charge >= 0.3 is 0 Å². The molecule has 0 unspecified atom stereocenters. The predicted molar refractivity (Wildman–Crippen MR) is 223 cm³/mol. The Morgan fingerprint density at radius 1 is 0.692 bits per heavy atom. The Balaban J connectivity index is 1.51. The summed E-state index contributed by atoms with van der Waals surface area (Å²) >= 11 is 0. The van der Waals surface area contributed by atoms with Crippen LogP contribution in [-0.2, 0) is 12.5 Å². The maximum Gasteiger partial charge on any atom is 0.256 e. The third-order valence-electron chi connectivity index (χ3n) is 11.1. The fraction of sp³-hybridized carbons (Fsp3) is 0.234. The molecule has 52 heavy (non-hydrogen) atoms. The van der Waals surface area contributed by atoms with Crippen molar-refractivity contribution in [3.8, 4) is 11.5 Å². The molecule has 0 fully saturated rings. The molecule has 0 spiro atoms. The zero-order valence-corrected chi connectivity index (χ0v) is 31.7. The summed E-state index contributed by atoms with van der Waals surface area (Å²) in [6.45, 7) is 17.9. The number of aromatic nitrogens is 1. The maximum absolute atomic E-state index is 9.11. The van der Waals surface area contributed by atoms with Crippen molar-refractivity contribution in [2.75, 3.05) is 9.80 Å². The van der Waals surface area contributed by atoms with Crippen LogP contribution in [0.3, 0.4) is 0 Å². The molecule has 258 valence electrons. The molecule has 2 aliphatic heterocycles. The van der Waals surface area contributed by atoms with Gasteiger partial charge in [-0.3, -0.25) is 0 Å². The molecule has 0 saturated carbocycles. The van der Waals surface area contributed by atoms with E-state index in [1.54, 1.807) is 0 Å². The molecule has 0 radical (unpaired) electrons. The van der Waals surface area contributed by atoms with E-state index >= 15 is 0 Å². The molecule has 0 aliphatic carbocycles. The molecule has 0 atom stereocenters. The molecule has 9 rings (SSSR count). The Bertz CT molecular complexity index is 2560. The molecule has 1 aromatic heterocycles. The van der Waals surface area contributed by atoms with Gasteiger partial charge in [-0.2, -0.15) is 0 Å². The lowest BCUT2D eigenvalue weighted by atomic mass is 9.33. The van der Waals surface area contributed by atoms with E-state index in [-0.39, 0.29) is 17.7 Å². The van der Waals surface area contributed by atoms with Gasteiger partial charge in [0.1, 0.15) is 11.5 Å². The van der Waals surface area contributed by atoms with Gasteiger partial charge in [0.2, 0.25) is 0 Å². The van der Waals surface area contributed by atoms with E-state index in [2.05, 4.69) is 180 Å². The fourth-order valence-electron chi connectivity index (χ4n) is 8.57. The van der Waals surface area contributed by atoms with Crippen LogP contribution in [0.4, 0.5) is 28.4 Å². The Morgan fingerprint density at radius 3 is 1.98 bits per heavy atom. The van der Waals surface area contributed by atoms with Crippen molar-refractivity contribution in [3.05, 3.63) is 132 Å². The van der Waals surface area contributed by atoms with Crippen LogP contribution < -0.4 is 30.9 Å². The van der Waals surface area contributed by atoms with Gasteiger partial charge in [-0.1, -0.05) is 98.6 Å². The third-order valence-corrected chi connectivity index (χ3v) is 11.1. The molecule has 0 amide bonds. The molecule has 0 saturated heterocycles. The summed E-state index contributed by atoms with van der Waals surface area (Å²) in [5, 5.41) is 2.45. The van der Waals surface area contributed by atoms with Crippen LogP contribution in [0, 0.1) is 13.8 Å². The lowest BCUT2D eigenvalue weighted by molar-refractivity contribution is 0.485. The number of ether oxygens (including phenoxy) is 1. The third kappa shape index (κ3) is 4.82. The minimum Gasteiger partial charge on any atom is -0.458 e. The number of hydrogen-bond acceptors (Lipinski definition) is 3. The lowest BCUT2D eigenvalue weighted by Gasteiger charge is -2.48. The monoisotopic (exact) mass is 680 g/mol. The number of anilines is 5. The van der Waals surface area contributed by atoms with E-state index in [1.165, 1.54) is 49.4 Å². The second kappa shape index (κ2) is 11.3. The highest BCUT2D eigenvalue weighted by molar-refractivity contribution is 6.99. The van der Waals surface area contributed by atoms with Gasteiger partial charge in [-0.25, -0.2) is 0 Å². The Labute approximate surface area is 309 Å². The van der Waals surface area contributed by atoms with Crippen LogP contribution in [0.2, 0.25) is 0 Å². The maximum atomic E-state index is 9.11. The molecule has 0 bridgehead atoms. The summed E-state index contributed by atoms with van der Waals surface area (Å²) in [4.78, 5) is 4.97.